The van der Waals surface area contributed by atoms with Gasteiger partial charge in [-0.3, -0.25) is 4.79 Å². The Kier molecular flexibility index (Phi) is 0.866. The third-order valence-electron chi connectivity index (χ3n) is 3.37. The molecule has 0 unspecified atom stereocenters. The maximum atomic E-state index is 13.3. The summed E-state index contributed by atoms with van der Waals surface area (Å²) in [7, 11) is 0. The minimum atomic E-state index is -0.753. The summed E-state index contributed by atoms with van der Waals surface area (Å²) in [6, 6.07) is 0. The van der Waals surface area contributed by atoms with E-state index in [1.54, 1.807) is 0 Å². The minimum absolute atomic E-state index is 0.0683. The fraction of sp³-hybridized carbons (Fsp3) is 0.875. The first-order chi connectivity index (χ1) is 5.27. The largest absolute Gasteiger partial charge is 0.462 e. The van der Waals surface area contributed by atoms with Crippen LogP contribution in [-0.4, -0.2) is 18.2 Å². The highest BCUT2D eigenvalue weighted by molar-refractivity contribution is 5.76. The van der Waals surface area contributed by atoms with Gasteiger partial charge in [-0.05, 0) is 18.8 Å². The molecule has 3 fully saturated rings. The average molecular weight is 156 g/mol. The molecule has 60 valence electrons. The molecule has 3 aliphatic rings. The van der Waals surface area contributed by atoms with Crippen LogP contribution in [0.5, 0.6) is 0 Å². The van der Waals surface area contributed by atoms with E-state index >= 15 is 0 Å². The smallest absolute Gasteiger partial charge is 0.309 e. The van der Waals surface area contributed by atoms with E-state index in [-0.39, 0.29) is 29.8 Å². The summed E-state index contributed by atoms with van der Waals surface area (Å²) in [6.07, 6.45) is 0.688. The van der Waals surface area contributed by atoms with Crippen molar-refractivity contribution in [3.05, 3.63) is 0 Å². The van der Waals surface area contributed by atoms with Crippen molar-refractivity contribution in [2.24, 2.45) is 17.8 Å². The van der Waals surface area contributed by atoms with Crippen LogP contribution in [0.4, 0.5) is 4.39 Å². The maximum absolute atomic E-state index is 13.3. The highest BCUT2D eigenvalue weighted by Gasteiger charge is 2.62. The van der Waals surface area contributed by atoms with E-state index < -0.39 is 6.17 Å². The van der Waals surface area contributed by atoms with Gasteiger partial charge in [0, 0.05) is 5.92 Å². The molecule has 0 amide bonds. The SMILES string of the molecule is O=C1O[C@@H]2C[C@@H]3C[C@@H]1[C@@H]2[C@H]3F. The van der Waals surface area contributed by atoms with E-state index in [9.17, 15) is 9.18 Å². The Morgan fingerprint density at radius 3 is 2.82 bits per heavy atom. The summed E-state index contributed by atoms with van der Waals surface area (Å²) in [5.41, 5.74) is 0. The molecule has 3 rings (SSSR count). The summed E-state index contributed by atoms with van der Waals surface area (Å²) in [5.74, 6) is -0.189. The molecular weight excluding hydrogens is 147 g/mol. The number of ether oxygens (including phenoxy) is 1. The van der Waals surface area contributed by atoms with Crippen molar-refractivity contribution in [2.75, 3.05) is 0 Å². The van der Waals surface area contributed by atoms with Crippen LogP contribution in [0.3, 0.4) is 0 Å². The molecule has 0 aromatic heterocycles. The molecule has 2 nitrogen and oxygen atoms in total. The van der Waals surface area contributed by atoms with Gasteiger partial charge in [-0.25, -0.2) is 4.39 Å². The van der Waals surface area contributed by atoms with E-state index in [1.807, 2.05) is 0 Å². The van der Waals surface area contributed by atoms with Gasteiger partial charge in [0.05, 0.1) is 5.92 Å². The predicted molar refractivity (Wildman–Crippen MR) is 34.5 cm³/mol. The first-order valence-corrected chi connectivity index (χ1v) is 4.12. The standard InChI is InChI=1S/C8H9FO2/c9-7-3-1-4-6(7)5(2-3)11-8(4)10/h3-7H,1-2H2/t3-,4+,5+,6-,7-/m0/s1. The van der Waals surface area contributed by atoms with Crippen molar-refractivity contribution in [2.45, 2.75) is 25.1 Å². The molecule has 0 N–H and O–H groups in total. The second kappa shape index (κ2) is 1.59. The molecule has 2 bridgehead atoms. The zero-order chi connectivity index (χ0) is 7.59. The number of hydrogen-bond acceptors (Lipinski definition) is 2. The summed E-state index contributed by atoms with van der Waals surface area (Å²) in [5, 5.41) is 0. The highest BCUT2D eigenvalue weighted by atomic mass is 19.1. The molecule has 1 aliphatic heterocycles. The molecule has 2 saturated carbocycles. The zero-order valence-corrected chi connectivity index (χ0v) is 6.00. The molecule has 1 heterocycles. The minimum Gasteiger partial charge on any atom is -0.462 e. The van der Waals surface area contributed by atoms with Gasteiger partial charge in [0.2, 0.25) is 0 Å². The van der Waals surface area contributed by atoms with Gasteiger partial charge in [0.15, 0.2) is 0 Å². The Bertz CT molecular complexity index is 228. The Labute approximate surface area is 63.7 Å². The van der Waals surface area contributed by atoms with Crippen LogP contribution in [0, 0.1) is 17.8 Å². The molecule has 3 heteroatoms. The number of fused-ring (bicyclic) bond motifs is 1. The van der Waals surface area contributed by atoms with Crippen LogP contribution in [0.25, 0.3) is 0 Å². The number of alkyl halides is 1. The van der Waals surface area contributed by atoms with Crippen molar-refractivity contribution in [3.63, 3.8) is 0 Å². The van der Waals surface area contributed by atoms with Gasteiger partial charge in [-0.2, -0.15) is 0 Å². The Morgan fingerprint density at radius 2 is 2.27 bits per heavy atom. The lowest BCUT2D eigenvalue weighted by molar-refractivity contribution is -0.143. The summed E-state index contributed by atoms with van der Waals surface area (Å²) in [4.78, 5) is 11.0. The molecule has 2 aliphatic carbocycles. The molecule has 5 atom stereocenters. The van der Waals surface area contributed by atoms with E-state index in [4.69, 9.17) is 4.74 Å². The van der Waals surface area contributed by atoms with Gasteiger partial charge in [0.25, 0.3) is 0 Å². The normalized spacial score (nSPS) is 58.6. The van der Waals surface area contributed by atoms with E-state index in [0.717, 1.165) is 12.8 Å². The highest BCUT2D eigenvalue weighted by Crippen LogP contribution is 2.55. The quantitative estimate of drug-likeness (QED) is 0.487. The topological polar surface area (TPSA) is 26.3 Å². The third-order valence-corrected chi connectivity index (χ3v) is 3.37. The lowest BCUT2D eigenvalue weighted by Crippen LogP contribution is -2.18. The van der Waals surface area contributed by atoms with Crippen molar-refractivity contribution in [1.29, 1.82) is 0 Å². The molecule has 0 aromatic carbocycles. The summed E-state index contributed by atoms with van der Waals surface area (Å²) >= 11 is 0. The number of carbonyl (C=O) groups is 1. The molecule has 0 radical (unpaired) electrons. The Balaban J connectivity index is 2.05. The number of esters is 1. The molecular formula is C8H9FO2. The van der Waals surface area contributed by atoms with E-state index in [1.165, 1.54) is 0 Å². The number of carbonyl (C=O) groups excluding carboxylic acids is 1. The predicted octanol–water partition coefficient (Wildman–Crippen LogP) is 0.906. The van der Waals surface area contributed by atoms with Crippen LogP contribution in [-0.2, 0) is 9.53 Å². The number of rotatable bonds is 0. The van der Waals surface area contributed by atoms with Gasteiger partial charge in [-0.1, -0.05) is 0 Å². The number of halogens is 1. The molecule has 0 spiro atoms. The van der Waals surface area contributed by atoms with E-state index in [2.05, 4.69) is 0 Å². The first-order valence-electron chi connectivity index (χ1n) is 4.12. The molecule has 0 aromatic rings. The van der Waals surface area contributed by atoms with Crippen LogP contribution < -0.4 is 0 Å². The van der Waals surface area contributed by atoms with Crippen LogP contribution in [0.1, 0.15) is 12.8 Å². The van der Waals surface area contributed by atoms with Crippen molar-refractivity contribution in [1.82, 2.24) is 0 Å². The Morgan fingerprint density at radius 1 is 1.45 bits per heavy atom. The third kappa shape index (κ3) is 0.522. The fourth-order valence-electron chi connectivity index (χ4n) is 2.91. The van der Waals surface area contributed by atoms with Crippen molar-refractivity contribution >= 4 is 5.97 Å². The van der Waals surface area contributed by atoms with Crippen molar-refractivity contribution in [3.8, 4) is 0 Å². The fourth-order valence-corrected chi connectivity index (χ4v) is 2.91. The maximum Gasteiger partial charge on any atom is 0.309 e. The zero-order valence-electron chi connectivity index (χ0n) is 6.00. The lowest BCUT2D eigenvalue weighted by atomic mass is 9.90. The van der Waals surface area contributed by atoms with Gasteiger partial charge >= 0.3 is 5.97 Å². The Hall–Kier alpha value is -0.600. The van der Waals surface area contributed by atoms with Crippen molar-refractivity contribution < 1.29 is 13.9 Å². The second-order valence-electron chi connectivity index (χ2n) is 3.84. The van der Waals surface area contributed by atoms with Gasteiger partial charge in [0.1, 0.15) is 12.3 Å². The molecule has 11 heavy (non-hydrogen) atoms. The van der Waals surface area contributed by atoms with Crippen LogP contribution >= 0.6 is 0 Å². The molecule has 1 saturated heterocycles. The summed E-state index contributed by atoms with van der Waals surface area (Å²) < 4.78 is 18.3. The summed E-state index contributed by atoms with van der Waals surface area (Å²) in [6.45, 7) is 0. The lowest BCUT2D eigenvalue weighted by Gasteiger charge is -2.10. The number of hydrogen-bond donors (Lipinski definition) is 0. The monoisotopic (exact) mass is 156 g/mol. The van der Waals surface area contributed by atoms with E-state index in [0.29, 0.717) is 0 Å². The average Bonchev–Trinajstić information content (AvgIpc) is 2.47. The van der Waals surface area contributed by atoms with Gasteiger partial charge in [-0.15, -0.1) is 0 Å². The first kappa shape index (κ1) is 5.98. The van der Waals surface area contributed by atoms with Gasteiger partial charge < -0.3 is 4.74 Å². The second-order valence-corrected chi connectivity index (χ2v) is 3.84. The van der Waals surface area contributed by atoms with Crippen LogP contribution in [0.15, 0.2) is 0 Å². The van der Waals surface area contributed by atoms with Crippen LogP contribution in [0.2, 0.25) is 0 Å².